The van der Waals surface area contributed by atoms with Crippen LogP contribution in [-0.4, -0.2) is 34.8 Å². The lowest BCUT2D eigenvalue weighted by Gasteiger charge is -2.15. The first-order valence-electron chi connectivity index (χ1n) is 5.75. The highest BCUT2D eigenvalue weighted by Crippen LogP contribution is 2.19. The van der Waals surface area contributed by atoms with E-state index in [2.05, 4.69) is 4.98 Å². The van der Waals surface area contributed by atoms with E-state index in [0.717, 1.165) is 0 Å². The van der Waals surface area contributed by atoms with Gasteiger partial charge in [-0.3, -0.25) is 9.78 Å². The average Bonchev–Trinajstić information content (AvgIpc) is 2.42. The minimum absolute atomic E-state index is 0.208. The minimum Gasteiger partial charge on any atom is -0.382 e. The molecule has 1 heterocycles. The molecule has 0 fully saturated rings. The van der Waals surface area contributed by atoms with E-state index in [9.17, 15) is 18.0 Å². The Kier molecular flexibility index (Phi) is 3.89. The third kappa shape index (κ3) is 3.24. The quantitative estimate of drug-likeness (QED) is 0.904. The number of alkyl halides is 3. The molecule has 1 atom stereocenters. The fourth-order valence-electron chi connectivity index (χ4n) is 1.62. The van der Waals surface area contributed by atoms with Gasteiger partial charge in [-0.15, -0.1) is 0 Å². The summed E-state index contributed by atoms with van der Waals surface area (Å²) in [6.07, 6.45) is -5.73. The van der Waals surface area contributed by atoms with Crippen molar-refractivity contribution in [1.82, 2.24) is 10.3 Å². The summed E-state index contributed by atoms with van der Waals surface area (Å²) in [4.78, 5) is 15.8. The lowest BCUT2D eigenvalue weighted by molar-refractivity contribution is -0.201. The van der Waals surface area contributed by atoms with E-state index in [0.29, 0.717) is 10.9 Å². The highest BCUT2D eigenvalue weighted by molar-refractivity contribution is 5.97. The van der Waals surface area contributed by atoms with Gasteiger partial charge < -0.3 is 10.4 Å². The van der Waals surface area contributed by atoms with E-state index in [1.54, 1.807) is 24.4 Å². The predicted octanol–water partition coefficient (Wildman–Crippen LogP) is 1.89. The Morgan fingerprint density at radius 3 is 2.80 bits per heavy atom. The number of halogens is 3. The molecular formula is C13H11F3N2O2. The number of hydrogen-bond acceptors (Lipinski definition) is 3. The van der Waals surface area contributed by atoms with Gasteiger partial charge in [0.2, 0.25) is 0 Å². The van der Waals surface area contributed by atoms with Crippen molar-refractivity contribution in [1.29, 1.82) is 0 Å². The molecule has 0 aliphatic rings. The number of carbonyl (C=O) groups excluding carboxylic acids is 1. The van der Waals surface area contributed by atoms with Gasteiger partial charge in [-0.05, 0) is 24.3 Å². The van der Waals surface area contributed by atoms with Gasteiger partial charge in [0, 0.05) is 17.1 Å². The van der Waals surface area contributed by atoms with Gasteiger partial charge in [0.15, 0.2) is 6.10 Å². The Hall–Kier alpha value is -2.15. The van der Waals surface area contributed by atoms with Crippen molar-refractivity contribution < 1.29 is 23.1 Å². The van der Waals surface area contributed by atoms with Crippen LogP contribution in [0.1, 0.15) is 10.4 Å². The Bertz CT molecular complexity index is 628. The van der Waals surface area contributed by atoms with Crippen molar-refractivity contribution in [2.45, 2.75) is 12.3 Å². The Morgan fingerprint density at radius 1 is 1.35 bits per heavy atom. The standard InChI is InChI=1S/C13H11F3N2O2/c14-13(15,16)11(19)7-18-12(20)9-3-4-10-8(6-9)2-1-5-17-10/h1-6,11,19H,7H2,(H,18,20). The van der Waals surface area contributed by atoms with Gasteiger partial charge in [-0.1, -0.05) is 6.07 Å². The third-order valence-electron chi connectivity index (χ3n) is 2.70. The second-order valence-electron chi connectivity index (χ2n) is 4.18. The molecule has 2 aromatic rings. The molecule has 7 heteroatoms. The van der Waals surface area contributed by atoms with Gasteiger partial charge >= 0.3 is 6.18 Å². The molecule has 1 aromatic carbocycles. The zero-order valence-corrected chi connectivity index (χ0v) is 10.2. The molecule has 0 aliphatic carbocycles. The van der Waals surface area contributed by atoms with Crippen LogP contribution in [0.3, 0.4) is 0 Å². The predicted molar refractivity (Wildman–Crippen MR) is 66.1 cm³/mol. The highest BCUT2D eigenvalue weighted by Gasteiger charge is 2.38. The second-order valence-corrected chi connectivity index (χ2v) is 4.18. The summed E-state index contributed by atoms with van der Waals surface area (Å²) in [5.74, 6) is -0.681. The number of amides is 1. The van der Waals surface area contributed by atoms with Crippen LogP contribution < -0.4 is 5.32 Å². The van der Waals surface area contributed by atoms with Gasteiger partial charge in [0.05, 0.1) is 12.1 Å². The summed E-state index contributed by atoms with van der Waals surface area (Å²) >= 11 is 0. The summed E-state index contributed by atoms with van der Waals surface area (Å²) < 4.78 is 36.3. The average molecular weight is 284 g/mol. The molecule has 0 spiro atoms. The van der Waals surface area contributed by atoms with Gasteiger partial charge in [-0.25, -0.2) is 0 Å². The maximum atomic E-state index is 12.1. The molecule has 1 amide bonds. The number of aliphatic hydroxyl groups excluding tert-OH is 1. The minimum atomic E-state index is -4.75. The Balaban J connectivity index is 2.08. The molecule has 2 N–H and O–H groups in total. The smallest absolute Gasteiger partial charge is 0.382 e. The second kappa shape index (κ2) is 5.46. The zero-order valence-electron chi connectivity index (χ0n) is 10.2. The molecule has 4 nitrogen and oxygen atoms in total. The number of nitrogens with one attached hydrogen (secondary N) is 1. The summed E-state index contributed by atoms with van der Waals surface area (Å²) in [5.41, 5.74) is 0.888. The maximum Gasteiger partial charge on any atom is 0.416 e. The largest absolute Gasteiger partial charge is 0.416 e. The van der Waals surface area contributed by atoms with Crippen molar-refractivity contribution in [3.05, 3.63) is 42.1 Å². The fraction of sp³-hybridized carbons (Fsp3) is 0.231. The van der Waals surface area contributed by atoms with E-state index in [-0.39, 0.29) is 5.56 Å². The number of benzene rings is 1. The summed E-state index contributed by atoms with van der Waals surface area (Å²) in [6, 6.07) is 8.02. The molecule has 0 aliphatic heterocycles. The van der Waals surface area contributed by atoms with Crippen LogP contribution in [0.2, 0.25) is 0 Å². The maximum absolute atomic E-state index is 12.1. The number of fused-ring (bicyclic) bond motifs is 1. The molecule has 106 valence electrons. The molecule has 2 rings (SSSR count). The number of rotatable bonds is 3. The van der Waals surface area contributed by atoms with Crippen LogP contribution in [0, 0.1) is 0 Å². The normalized spacial score (nSPS) is 13.2. The molecule has 0 radical (unpaired) electrons. The summed E-state index contributed by atoms with van der Waals surface area (Å²) in [5, 5.41) is 11.5. The van der Waals surface area contributed by atoms with E-state index >= 15 is 0 Å². The van der Waals surface area contributed by atoms with Gasteiger partial charge in [-0.2, -0.15) is 13.2 Å². The van der Waals surface area contributed by atoms with Gasteiger partial charge in [0.25, 0.3) is 5.91 Å². The fourth-order valence-corrected chi connectivity index (χ4v) is 1.62. The van der Waals surface area contributed by atoms with Crippen molar-refractivity contribution in [3.8, 4) is 0 Å². The van der Waals surface area contributed by atoms with E-state index in [1.807, 2.05) is 5.32 Å². The number of pyridine rings is 1. The summed E-state index contributed by atoms with van der Waals surface area (Å²) in [7, 11) is 0. The third-order valence-corrected chi connectivity index (χ3v) is 2.70. The molecular weight excluding hydrogens is 273 g/mol. The van der Waals surface area contributed by atoms with Crippen molar-refractivity contribution in [2.24, 2.45) is 0 Å². The van der Waals surface area contributed by atoms with Gasteiger partial charge in [0.1, 0.15) is 0 Å². The van der Waals surface area contributed by atoms with Crippen LogP contribution in [0.15, 0.2) is 36.5 Å². The van der Waals surface area contributed by atoms with Crippen LogP contribution >= 0.6 is 0 Å². The lowest BCUT2D eigenvalue weighted by atomic mass is 10.1. The number of aromatic nitrogens is 1. The lowest BCUT2D eigenvalue weighted by Crippen LogP contribution is -2.40. The first-order valence-corrected chi connectivity index (χ1v) is 5.75. The van der Waals surface area contributed by atoms with Crippen molar-refractivity contribution in [3.63, 3.8) is 0 Å². The van der Waals surface area contributed by atoms with E-state index in [4.69, 9.17) is 5.11 Å². The van der Waals surface area contributed by atoms with Crippen molar-refractivity contribution in [2.75, 3.05) is 6.54 Å². The van der Waals surface area contributed by atoms with Crippen LogP contribution in [0.25, 0.3) is 10.9 Å². The molecule has 1 unspecified atom stereocenters. The zero-order chi connectivity index (χ0) is 14.8. The molecule has 20 heavy (non-hydrogen) atoms. The number of hydrogen-bond donors (Lipinski definition) is 2. The molecule has 0 saturated heterocycles. The monoisotopic (exact) mass is 284 g/mol. The Morgan fingerprint density at radius 2 is 2.10 bits per heavy atom. The number of aliphatic hydroxyl groups is 1. The van der Waals surface area contributed by atoms with E-state index in [1.165, 1.54) is 12.1 Å². The molecule has 1 aromatic heterocycles. The summed E-state index contributed by atoms with van der Waals surface area (Å²) in [6.45, 7) is -0.882. The number of carbonyl (C=O) groups is 1. The molecule has 0 bridgehead atoms. The van der Waals surface area contributed by atoms with Crippen LogP contribution in [0.5, 0.6) is 0 Å². The van der Waals surface area contributed by atoms with E-state index < -0.39 is 24.7 Å². The SMILES string of the molecule is O=C(NCC(O)C(F)(F)F)c1ccc2ncccc2c1. The first kappa shape index (κ1) is 14.3. The number of nitrogens with zero attached hydrogens (tertiary/aromatic N) is 1. The molecule has 0 saturated carbocycles. The Labute approximate surface area is 112 Å². The first-order chi connectivity index (χ1) is 9.38. The van der Waals surface area contributed by atoms with Crippen LogP contribution in [-0.2, 0) is 0 Å². The van der Waals surface area contributed by atoms with Crippen LogP contribution in [0.4, 0.5) is 13.2 Å². The topological polar surface area (TPSA) is 62.2 Å². The highest BCUT2D eigenvalue weighted by atomic mass is 19.4. The van der Waals surface area contributed by atoms with Crippen molar-refractivity contribution >= 4 is 16.8 Å².